The lowest BCUT2D eigenvalue weighted by Gasteiger charge is -2.64. The summed E-state index contributed by atoms with van der Waals surface area (Å²) in [6, 6.07) is 3.99. The van der Waals surface area contributed by atoms with E-state index in [0.29, 0.717) is 61.4 Å². The van der Waals surface area contributed by atoms with Crippen LogP contribution in [-0.4, -0.2) is 83.0 Å². The van der Waals surface area contributed by atoms with Gasteiger partial charge in [-0.05, 0) is 61.2 Å². The number of carbonyl (C=O) groups is 1. The van der Waals surface area contributed by atoms with E-state index in [2.05, 4.69) is 96.9 Å². The van der Waals surface area contributed by atoms with E-state index in [1.165, 1.54) is 0 Å². The Morgan fingerprint density at radius 3 is 0.762 bits per heavy atom. The molecule has 0 spiro atoms. The van der Waals surface area contributed by atoms with Gasteiger partial charge in [0.2, 0.25) is 0 Å². The molecular formula is C41H88O14Si8. The fourth-order valence-corrected chi connectivity index (χ4v) is 61.4. The zero-order valence-electron chi connectivity index (χ0n) is 42.0. The monoisotopic (exact) mass is 1030 g/mol. The molecule has 0 aromatic carbocycles. The van der Waals surface area contributed by atoms with Gasteiger partial charge in [-0.1, -0.05) is 135 Å². The van der Waals surface area contributed by atoms with Crippen LogP contribution in [0.3, 0.4) is 0 Å². The number of ether oxygens (including phenoxy) is 1. The highest BCUT2D eigenvalue weighted by molar-refractivity contribution is 7.03. The van der Waals surface area contributed by atoms with Crippen molar-refractivity contribution >= 4 is 76.4 Å². The van der Waals surface area contributed by atoms with Gasteiger partial charge in [0.05, 0.1) is 6.61 Å². The van der Waals surface area contributed by atoms with E-state index in [1.54, 1.807) is 0 Å². The first-order chi connectivity index (χ1) is 29.4. The van der Waals surface area contributed by atoms with Crippen LogP contribution in [-0.2, 0) is 58.9 Å². The maximum atomic E-state index is 11.8. The van der Waals surface area contributed by atoms with Crippen LogP contribution < -0.4 is 0 Å². The Kier molecular flexibility index (Phi) is 19.3. The predicted octanol–water partition coefficient (Wildman–Crippen LogP) is 11.4. The van der Waals surface area contributed by atoms with E-state index in [-0.39, 0.29) is 47.4 Å². The van der Waals surface area contributed by atoms with E-state index in [4.69, 9.17) is 54.1 Å². The second-order valence-corrected chi connectivity index (χ2v) is 46.1. The molecule has 0 atom stereocenters. The molecule has 6 rings (SSSR count). The molecule has 0 radical (unpaired) electrons. The molecule has 0 aliphatic carbocycles. The minimum absolute atomic E-state index is 0.100. The Morgan fingerprint density at radius 1 is 0.333 bits per heavy atom. The predicted molar refractivity (Wildman–Crippen MR) is 260 cm³/mol. The highest BCUT2D eigenvalue weighted by Gasteiger charge is 2.83. The van der Waals surface area contributed by atoms with Gasteiger partial charge in [0.1, 0.15) is 0 Å². The van der Waals surface area contributed by atoms with Crippen LogP contribution in [0.5, 0.6) is 0 Å². The van der Waals surface area contributed by atoms with Crippen LogP contribution in [0.2, 0.25) is 48.4 Å². The zero-order chi connectivity index (χ0) is 46.5. The highest BCUT2D eigenvalue weighted by atomic mass is 28.6. The molecule has 14 nitrogen and oxygen atoms in total. The van der Waals surface area contributed by atoms with Crippen LogP contribution in [0.4, 0.5) is 0 Å². The Labute approximate surface area is 391 Å². The van der Waals surface area contributed by atoms with Crippen molar-refractivity contribution in [1.82, 2.24) is 0 Å². The largest absolute Gasteiger partial charge is 0.479 e. The Bertz CT molecular complexity index is 1320. The Balaban J connectivity index is 1.69. The topological polar surface area (TPSA) is 137 Å². The molecule has 0 aromatic rings. The normalized spacial score (nSPS) is 36.5. The minimum Gasteiger partial charge on any atom is -0.466 e. The molecule has 8 bridgehead atoms. The van der Waals surface area contributed by atoms with Crippen molar-refractivity contribution in [2.45, 2.75) is 210 Å². The highest BCUT2D eigenvalue weighted by Crippen LogP contribution is 2.56. The second-order valence-electron chi connectivity index (χ2n) is 22.0. The zero-order valence-corrected chi connectivity index (χ0v) is 50.0. The van der Waals surface area contributed by atoms with Gasteiger partial charge in [-0.25, -0.2) is 0 Å². The molecule has 22 heteroatoms. The van der Waals surface area contributed by atoms with Crippen LogP contribution in [0.15, 0.2) is 0 Å². The summed E-state index contributed by atoms with van der Waals surface area (Å²) in [6.45, 7) is 32.8. The van der Waals surface area contributed by atoms with E-state index in [0.717, 1.165) is 51.4 Å². The van der Waals surface area contributed by atoms with E-state index in [9.17, 15) is 4.79 Å². The number of rotatable bonds is 26. The quantitative estimate of drug-likeness (QED) is 0.0461. The van der Waals surface area contributed by atoms with Crippen molar-refractivity contribution in [2.24, 2.45) is 41.4 Å². The lowest BCUT2D eigenvalue weighted by atomic mass is 10.1. The first-order valence-electron chi connectivity index (χ1n) is 24.9. The van der Waals surface area contributed by atoms with Gasteiger partial charge < -0.3 is 54.1 Å². The van der Waals surface area contributed by atoms with Crippen LogP contribution in [0.1, 0.15) is 162 Å². The second kappa shape index (κ2) is 22.2. The van der Waals surface area contributed by atoms with Gasteiger partial charge >= 0.3 is 76.4 Å². The maximum absolute atomic E-state index is 11.8. The molecular weight excluding hydrogens is 941 g/mol. The van der Waals surface area contributed by atoms with Crippen LogP contribution in [0, 0.1) is 41.4 Å². The summed E-state index contributed by atoms with van der Waals surface area (Å²) in [5, 5.41) is 0. The molecule has 63 heavy (non-hydrogen) atoms. The van der Waals surface area contributed by atoms with Gasteiger partial charge in [0, 0.05) is 54.8 Å². The molecule has 6 fully saturated rings. The fraction of sp³-hybridized carbons (Fsp3) is 0.976. The summed E-state index contributed by atoms with van der Waals surface area (Å²) in [4.78, 5) is 11.8. The summed E-state index contributed by atoms with van der Waals surface area (Å²) >= 11 is 0. The molecule has 6 aliphatic rings. The number of esters is 1. The first-order valence-corrected chi connectivity index (χ1v) is 40.4. The van der Waals surface area contributed by atoms with Crippen LogP contribution in [0.25, 0.3) is 0 Å². The molecule has 6 saturated heterocycles. The molecule has 0 unspecified atom stereocenters. The summed E-state index contributed by atoms with van der Waals surface area (Å²) in [5.41, 5.74) is 0. The number of hydrogen-bond donors (Lipinski definition) is 0. The van der Waals surface area contributed by atoms with Gasteiger partial charge in [-0.3, -0.25) is 4.79 Å². The third-order valence-electron chi connectivity index (χ3n) is 11.3. The SMILES string of the molecule is CCOC(=O)CCCCCCCCCC[Si]12O[Si]3(CC(C)C)O[Si]4(CC(C)C)O[Si]5(CC(C)C)O[Si@](CC(C)C)(O3)O[Si](CC(C)C)(O1)O[Si@](CC(C)C)(O5)O[Si@@](CC(C)C)(O2)O4. The smallest absolute Gasteiger partial charge is 0.466 e. The number of carbonyl (C=O) groups excluding carboxylic acids is 1. The van der Waals surface area contributed by atoms with Gasteiger partial charge in [0.25, 0.3) is 0 Å². The fourth-order valence-electron chi connectivity index (χ4n) is 9.78. The standard InChI is InChI=1S/C41H88O14Si8/c1-16-43-41(42)25-23-21-19-17-18-20-22-24-26-56-44-57(27-34(2)3)47-60(30-37(8)9)49-58(45-56,28-35(4)5)51-62(32-39(12)13)52-59(46-56,29-36(6)7)50-61(48-57,31-38(10)11)54-63(53-60,55-62)33-40(14)15/h34-40H,16-33H2,1-15H3/t56?,57-,58?,59?,60-,61?,62+,63?/m1/s1. The molecule has 0 N–H and O–H groups in total. The van der Waals surface area contributed by atoms with E-state index in [1.807, 2.05) is 6.92 Å². The first kappa shape index (κ1) is 54.7. The third-order valence-corrected chi connectivity index (χ3v) is 51.3. The Hall–Kier alpha value is 0.725. The molecule has 6 aliphatic heterocycles. The lowest BCUT2D eigenvalue weighted by molar-refractivity contribution is -0.143. The molecule has 0 saturated carbocycles. The molecule has 0 amide bonds. The molecule has 368 valence electrons. The van der Waals surface area contributed by atoms with Crippen molar-refractivity contribution in [2.75, 3.05) is 6.61 Å². The van der Waals surface area contributed by atoms with Crippen molar-refractivity contribution in [3.05, 3.63) is 0 Å². The molecule has 0 aromatic heterocycles. The van der Waals surface area contributed by atoms with Gasteiger partial charge in [0.15, 0.2) is 0 Å². The average Bonchev–Trinajstić information content (AvgIpc) is 3.03. The maximum Gasteiger partial charge on any atom is 0.479 e. The summed E-state index contributed by atoms with van der Waals surface area (Å²) in [7, 11) is -31.3. The van der Waals surface area contributed by atoms with E-state index >= 15 is 0 Å². The summed E-state index contributed by atoms with van der Waals surface area (Å²) in [5.74, 6) is 0.785. The van der Waals surface area contributed by atoms with Gasteiger partial charge in [-0.2, -0.15) is 0 Å². The summed E-state index contributed by atoms with van der Waals surface area (Å²) < 4.78 is 99.4. The minimum atomic E-state index is -3.94. The number of hydrogen-bond acceptors (Lipinski definition) is 14. The van der Waals surface area contributed by atoms with Gasteiger partial charge in [-0.15, -0.1) is 0 Å². The van der Waals surface area contributed by atoms with E-state index < -0.39 is 70.4 Å². The van der Waals surface area contributed by atoms with Crippen molar-refractivity contribution in [3.8, 4) is 0 Å². The average molecular weight is 1030 g/mol. The lowest BCUT2D eigenvalue weighted by Crippen LogP contribution is -2.88. The summed E-state index contributed by atoms with van der Waals surface area (Å²) in [6.07, 6.45) is 8.56. The number of unbranched alkanes of at least 4 members (excludes halogenated alkanes) is 7. The molecule has 6 heterocycles. The van der Waals surface area contributed by atoms with Crippen molar-refractivity contribution in [3.63, 3.8) is 0 Å². The van der Waals surface area contributed by atoms with Crippen LogP contribution >= 0.6 is 0 Å². The third kappa shape index (κ3) is 14.9. The van der Waals surface area contributed by atoms with Crippen molar-refractivity contribution < 1.29 is 58.9 Å². The Morgan fingerprint density at radius 2 is 0.540 bits per heavy atom. The van der Waals surface area contributed by atoms with Crippen molar-refractivity contribution in [1.29, 1.82) is 0 Å².